The van der Waals surface area contributed by atoms with E-state index in [-0.39, 0.29) is 11.9 Å². The highest BCUT2D eigenvalue weighted by Gasteiger charge is 2.34. The van der Waals surface area contributed by atoms with E-state index in [0.29, 0.717) is 26.1 Å². The van der Waals surface area contributed by atoms with E-state index in [9.17, 15) is 9.18 Å². The van der Waals surface area contributed by atoms with Crippen LogP contribution in [0.25, 0.3) is 0 Å². The van der Waals surface area contributed by atoms with Crippen LogP contribution in [0, 0.1) is 6.92 Å². The van der Waals surface area contributed by atoms with E-state index in [0.717, 1.165) is 10.6 Å². The fourth-order valence-electron chi connectivity index (χ4n) is 2.72. The molecular weight excluding hydrogens is 291 g/mol. The van der Waals surface area contributed by atoms with E-state index in [1.54, 1.807) is 30.2 Å². The molecule has 3 atom stereocenters. The lowest BCUT2D eigenvalue weighted by atomic mass is 10.2. The molecule has 7 heteroatoms. The quantitative estimate of drug-likeness (QED) is 0.886. The maximum Gasteiger partial charge on any atom is 0.238 e. The molecule has 1 aliphatic heterocycles. The van der Waals surface area contributed by atoms with Gasteiger partial charge in [0.2, 0.25) is 5.91 Å². The Bertz CT molecular complexity index is 493. The van der Waals surface area contributed by atoms with Crippen molar-refractivity contribution >= 4 is 17.2 Å². The second-order valence-corrected chi connectivity index (χ2v) is 6.72. The maximum absolute atomic E-state index is 13.8. The van der Waals surface area contributed by atoms with Crippen molar-refractivity contribution in [1.82, 2.24) is 14.8 Å². The number of hydrogen-bond donors (Lipinski definition) is 1. The van der Waals surface area contributed by atoms with Crippen LogP contribution in [-0.2, 0) is 11.3 Å². The number of nitrogens with zero attached hydrogens (tertiary/aromatic N) is 3. The summed E-state index contributed by atoms with van der Waals surface area (Å²) in [7, 11) is 1.73. The Hall–Kier alpha value is -1.05. The first kappa shape index (κ1) is 16.3. The Balaban J connectivity index is 2.00. The molecule has 0 aromatic carbocycles. The van der Waals surface area contributed by atoms with Gasteiger partial charge in [0, 0.05) is 37.6 Å². The van der Waals surface area contributed by atoms with E-state index in [1.807, 2.05) is 12.4 Å². The van der Waals surface area contributed by atoms with Crippen molar-refractivity contribution in [2.75, 3.05) is 20.1 Å². The van der Waals surface area contributed by atoms with E-state index in [4.69, 9.17) is 5.73 Å². The van der Waals surface area contributed by atoms with Gasteiger partial charge in [-0.1, -0.05) is 0 Å². The van der Waals surface area contributed by atoms with Gasteiger partial charge in [-0.2, -0.15) is 0 Å². The second-order valence-electron chi connectivity index (χ2n) is 5.78. The van der Waals surface area contributed by atoms with Gasteiger partial charge in [0.15, 0.2) is 0 Å². The van der Waals surface area contributed by atoms with E-state index in [2.05, 4.69) is 9.88 Å². The predicted octanol–water partition coefficient (Wildman–Crippen LogP) is 1.17. The van der Waals surface area contributed by atoms with Gasteiger partial charge in [0.25, 0.3) is 0 Å². The summed E-state index contributed by atoms with van der Waals surface area (Å²) in [6.07, 6.45) is -0.365. The minimum Gasteiger partial charge on any atom is -0.343 e. The summed E-state index contributed by atoms with van der Waals surface area (Å²) in [6, 6.07) is -0.482. The van der Waals surface area contributed by atoms with Crippen LogP contribution < -0.4 is 5.73 Å². The van der Waals surface area contributed by atoms with Gasteiger partial charge in [-0.15, -0.1) is 11.3 Å². The smallest absolute Gasteiger partial charge is 0.238 e. The monoisotopic (exact) mass is 314 g/mol. The van der Waals surface area contributed by atoms with Gasteiger partial charge in [0.1, 0.15) is 6.17 Å². The Morgan fingerprint density at radius 3 is 3.00 bits per heavy atom. The molecular formula is C14H23FN4OS. The summed E-state index contributed by atoms with van der Waals surface area (Å²) in [4.78, 5) is 21.0. The molecule has 1 aromatic heterocycles. The number of amides is 1. The third kappa shape index (κ3) is 3.99. The molecule has 118 valence electrons. The van der Waals surface area contributed by atoms with Crippen LogP contribution >= 0.6 is 11.3 Å². The molecule has 1 aromatic rings. The number of thiazole rings is 1. The number of aromatic nitrogens is 1. The summed E-state index contributed by atoms with van der Waals surface area (Å²) in [5.41, 5.74) is 8.43. The van der Waals surface area contributed by atoms with E-state index in [1.165, 1.54) is 0 Å². The van der Waals surface area contributed by atoms with Crippen molar-refractivity contribution in [3.8, 4) is 0 Å². The SMILES string of the molecule is Cc1ncsc1CN1C[C@@H](F)C[C@H]1CN(C)C(=O)[C@@H](C)N. The molecule has 1 saturated heterocycles. The van der Waals surface area contributed by atoms with Crippen LogP contribution in [0.4, 0.5) is 4.39 Å². The molecule has 0 unspecified atom stereocenters. The molecule has 2 N–H and O–H groups in total. The topological polar surface area (TPSA) is 62.5 Å². The molecule has 0 bridgehead atoms. The normalized spacial score (nSPS) is 24.2. The van der Waals surface area contributed by atoms with Crippen LogP contribution in [0.2, 0.25) is 0 Å². The number of hydrogen-bond acceptors (Lipinski definition) is 5. The molecule has 1 aliphatic rings. The zero-order chi connectivity index (χ0) is 15.6. The van der Waals surface area contributed by atoms with Gasteiger partial charge >= 0.3 is 0 Å². The molecule has 0 radical (unpaired) electrons. The maximum atomic E-state index is 13.8. The summed E-state index contributed by atoms with van der Waals surface area (Å²) in [5, 5.41) is 0. The lowest BCUT2D eigenvalue weighted by Gasteiger charge is -2.29. The number of rotatable bonds is 5. The summed E-state index contributed by atoms with van der Waals surface area (Å²) in [5.74, 6) is -0.105. The Morgan fingerprint density at radius 1 is 1.71 bits per heavy atom. The van der Waals surface area contributed by atoms with Crippen LogP contribution in [0.5, 0.6) is 0 Å². The average Bonchev–Trinajstić information content (AvgIpc) is 2.96. The largest absolute Gasteiger partial charge is 0.343 e. The number of nitrogens with two attached hydrogens (primary N) is 1. The fourth-order valence-corrected chi connectivity index (χ4v) is 3.52. The summed E-state index contributed by atoms with van der Waals surface area (Å²) in [6.45, 7) is 5.27. The molecule has 0 aliphatic carbocycles. The fraction of sp³-hybridized carbons (Fsp3) is 0.714. The van der Waals surface area contributed by atoms with E-state index < -0.39 is 12.2 Å². The lowest BCUT2D eigenvalue weighted by Crippen LogP contribution is -2.46. The van der Waals surface area contributed by atoms with Gasteiger partial charge in [-0.3, -0.25) is 9.69 Å². The van der Waals surface area contributed by atoms with Crippen molar-refractivity contribution < 1.29 is 9.18 Å². The van der Waals surface area contributed by atoms with E-state index >= 15 is 0 Å². The first-order valence-corrected chi connectivity index (χ1v) is 8.04. The van der Waals surface area contributed by atoms with Gasteiger partial charge < -0.3 is 10.6 Å². The Kier molecular flexibility index (Phi) is 5.29. The van der Waals surface area contributed by atoms with Crippen LogP contribution in [0.1, 0.15) is 23.9 Å². The number of likely N-dealkylation sites (tertiary alicyclic amines) is 1. The molecule has 2 heterocycles. The minimum atomic E-state index is -0.831. The van der Waals surface area contributed by atoms with Crippen LogP contribution in [-0.4, -0.2) is 59.1 Å². The zero-order valence-electron chi connectivity index (χ0n) is 12.8. The molecule has 0 saturated carbocycles. The highest BCUT2D eigenvalue weighted by atomic mass is 32.1. The van der Waals surface area contributed by atoms with Crippen molar-refractivity contribution in [3.63, 3.8) is 0 Å². The molecule has 1 amide bonds. The van der Waals surface area contributed by atoms with Gasteiger partial charge in [-0.25, -0.2) is 9.37 Å². The first-order chi connectivity index (χ1) is 9.88. The summed E-state index contributed by atoms with van der Waals surface area (Å²) < 4.78 is 13.8. The Morgan fingerprint density at radius 2 is 2.43 bits per heavy atom. The number of alkyl halides is 1. The molecule has 21 heavy (non-hydrogen) atoms. The number of aryl methyl sites for hydroxylation is 1. The van der Waals surface area contributed by atoms with Crippen molar-refractivity contribution in [1.29, 1.82) is 0 Å². The second kappa shape index (κ2) is 6.81. The molecule has 5 nitrogen and oxygen atoms in total. The standard InChI is InChI=1S/C14H23FN4OS/c1-9(16)14(20)18(3)6-12-4-11(15)5-19(12)7-13-10(2)17-8-21-13/h8-9,11-12H,4-7,16H2,1-3H3/t9-,11+,12+/m1/s1. The molecule has 2 rings (SSSR count). The van der Waals surface area contributed by atoms with Gasteiger partial charge in [0.05, 0.1) is 17.2 Å². The van der Waals surface area contributed by atoms with Gasteiger partial charge in [-0.05, 0) is 20.3 Å². The minimum absolute atomic E-state index is 0.0363. The highest BCUT2D eigenvalue weighted by molar-refractivity contribution is 7.09. The average molecular weight is 314 g/mol. The predicted molar refractivity (Wildman–Crippen MR) is 81.8 cm³/mol. The lowest BCUT2D eigenvalue weighted by molar-refractivity contribution is -0.131. The molecule has 1 fully saturated rings. The Labute approximate surface area is 128 Å². The third-order valence-corrected chi connectivity index (χ3v) is 4.84. The molecule has 0 spiro atoms. The van der Waals surface area contributed by atoms with Crippen molar-refractivity contribution in [2.24, 2.45) is 5.73 Å². The zero-order valence-corrected chi connectivity index (χ0v) is 13.6. The number of likely N-dealkylation sites (N-methyl/N-ethyl adjacent to an activating group) is 1. The van der Waals surface area contributed by atoms with Crippen LogP contribution in [0.3, 0.4) is 0 Å². The highest BCUT2D eigenvalue weighted by Crippen LogP contribution is 2.25. The van der Waals surface area contributed by atoms with Crippen molar-refractivity contribution in [3.05, 3.63) is 16.1 Å². The summed E-state index contributed by atoms with van der Waals surface area (Å²) >= 11 is 1.59. The number of halogens is 1. The van der Waals surface area contributed by atoms with Crippen LogP contribution in [0.15, 0.2) is 5.51 Å². The first-order valence-electron chi connectivity index (χ1n) is 7.16. The number of carbonyl (C=O) groups excluding carboxylic acids is 1. The van der Waals surface area contributed by atoms with Crippen molar-refractivity contribution in [2.45, 2.75) is 45.1 Å². The number of carbonyl (C=O) groups is 1. The third-order valence-electron chi connectivity index (χ3n) is 3.92.